The van der Waals surface area contributed by atoms with Gasteiger partial charge in [-0.2, -0.15) is 0 Å². The average Bonchev–Trinajstić information content (AvgIpc) is 3.02. The van der Waals surface area contributed by atoms with E-state index in [2.05, 4.69) is 10.2 Å². The van der Waals surface area contributed by atoms with Gasteiger partial charge in [0.2, 0.25) is 0 Å². The van der Waals surface area contributed by atoms with Crippen LogP contribution in [0.3, 0.4) is 0 Å². The van der Waals surface area contributed by atoms with Crippen molar-refractivity contribution in [2.75, 3.05) is 38.0 Å². The van der Waals surface area contributed by atoms with Crippen LogP contribution in [0.4, 0.5) is 23.7 Å². The minimum absolute atomic E-state index is 0.335. The number of likely N-dealkylation sites (tertiary alicyclic amines) is 2. The quantitative estimate of drug-likeness (QED) is 0.855. The second-order valence-corrected chi connectivity index (χ2v) is 6.64. The fourth-order valence-electron chi connectivity index (χ4n) is 3.49. The van der Waals surface area contributed by atoms with E-state index in [0.29, 0.717) is 31.1 Å². The highest BCUT2D eigenvalue weighted by atomic mass is 19.2. The summed E-state index contributed by atoms with van der Waals surface area (Å²) in [5.41, 5.74) is -0.335. The molecular formula is C17H22F3N3O. The van der Waals surface area contributed by atoms with E-state index >= 15 is 0 Å². The monoisotopic (exact) mass is 341 g/mol. The van der Waals surface area contributed by atoms with Crippen LogP contribution in [0.2, 0.25) is 0 Å². The van der Waals surface area contributed by atoms with Crippen LogP contribution in [0.15, 0.2) is 12.1 Å². The van der Waals surface area contributed by atoms with Gasteiger partial charge >= 0.3 is 6.03 Å². The zero-order valence-corrected chi connectivity index (χ0v) is 13.5. The largest absolute Gasteiger partial charge is 0.324 e. The van der Waals surface area contributed by atoms with Crippen molar-refractivity contribution >= 4 is 11.7 Å². The number of anilines is 1. The lowest BCUT2D eigenvalue weighted by Crippen LogP contribution is -2.37. The minimum atomic E-state index is -1.27. The Hall–Kier alpha value is -1.76. The second-order valence-electron chi connectivity index (χ2n) is 6.64. The molecule has 0 aromatic heterocycles. The number of halogens is 3. The van der Waals surface area contributed by atoms with Crippen molar-refractivity contribution < 1.29 is 18.0 Å². The molecule has 4 nitrogen and oxygen atoms in total. The first kappa shape index (κ1) is 17.1. The van der Waals surface area contributed by atoms with Crippen LogP contribution in [-0.2, 0) is 0 Å². The number of piperidine rings is 1. The topological polar surface area (TPSA) is 35.6 Å². The molecule has 0 aliphatic carbocycles. The molecule has 1 aromatic carbocycles. The Morgan fingerprint density at radius 1 is 1.04 bits per heavy atom. The molecule has 2 amide bonds. The normalized spacial score (nSPS) is 22.0. The number of carbonyl (C=O) groups is 1. The van der Waals surface area contributed by atoms with Crippen LogP contribution in [0.5, 0.6) is 0 Å². The lowest BCUT2D eigenvalue weighted by molar-refractivity contribution is 0.192. The summed E-state index contributed by atoms with van der Waals surface area (Å²) < 4.78 is 39.7. The van der Waals surface area contributed by atoms with Gasteiger partial charge in [0.05, 0.1) is 5.69 Å². The van der Waals surface area contributed by atoms with E-state index in [1.807, 2.05) is 0 Å². The highest BCUT2D eigenvalue weighted by Crippen LogP contribution is 2.22. The molecule has 2 heterocycles. The van der Waals surface area contributed by atoms with Crippen molar-refractivity contribution in [3.63, 3.8) is 0 Å². The highest BCUT2D eigenvalue weighted by Gasteiger charge is 2.28. The van der Waals surface area contributed by atoms with E-state index in [9.17, 15) is 18.0 Å². The molecule has 0 unspecified atom stereocenters. The van der Waals surface area contributed by atoms with Gasteiger partial charge in [0.25, 0.3) is 0 Å². The minimum Gasteiger partial charge on any atom is -0.324 e. The highest BCUT2D eigenvalue weighted by molar-refractivity contribution is 5.89. The lowest BCUT2D eigenvalue weighted by Gasteiger charge is -2.29. The van der Waals surface area contributed by atoms with Gasteiger partial charge in [0, 0.05) is 31.8 Å². The zero-order chi connectivity index (χ0) is 17.1. The Kier molecular flexibility index (Phi) is 5.28. The molecule has 0 radical (unpaired) electrons. The van der Waals surface area contributed by atoms with Gasteiger partial charge < -0.3 is 15.1 Å². The van der Waals surface area contributed by atoms with Crippen molar-refractivity contribution in [3.8, 4) is 0 Å². The third-order valence-electron chi connectivity index (χ3n) is 4.79. The summed E-state index contributed by atoms with van der Waals surface area (Å²) in [5, 5.41) is 2.34. The molecule has 2 aliphatic rings. The first-order valence-electron chi connectivity index (χ1n) is 8.46. The van der Waals surface area contributed by atoms with E-state index in [-0.39, 0.29) is 5.69 Å². The standard InChI is InChI=1S/C17H22F3N3O/c18-13-8-15(20)16(9-14(13)19)21-17(24)23-7-4-12(11-23)10-22-5-2-1-3-6-22/h8-9,12H,1-7,10-11H2,(H,21,24)/t12-/m0/s1. The number of carbonyl (C=O) groups excluding carboxylic acids is 1. The van der Waals surface area contributed by atoms with Crippen molar-refractivity contribution in [1.29, 1.82) is 0 Å². The van der Waals surface area contributed by atoms with Crippen LogP contribution in [0.25, 0.3) is 0 Å². The molecule has 7 heteroatoms. The summed E-state index contributed by atoms with van der Waals surface area (Å²) in [4.78, 5) is 16.3. The molecular weight excluding hydrogens is 319 g/mol. The van der Waals surface area contributed by atoms with Gasteiger partial charge in [-0.3, -0.25) is 0 Å². The van der Waals surface area contributed by atoms with Gasteiger partial charge in [0.1, 0.15) is 5.82 Å². The smallest absolute Gasteiger partial charge is 0.321 e. The number of hydrogen-bond acceptors (Lipinski definition) is 2. The van der Waals surface area contributed by atoms with Crippen LogP contribution in [0.1, 0.15) is 25.7 Å². The van der Waals surface area contributed by atoms with Crippen molar-refractivity contribution in [2.45, 2.75) is 25.7 Å². The second kappa shape index (κ2) is 7.42. The number of rotatable bonds is 3. The fraction of sp³-hybridized carbons (Fsp3) is 0.588. The first-order valence-corrected chi connectivity index (χ1v) is 8.46. The number of hydrogen-bond donors (Lipinski definition) is 1. The molecule has 1 aromatic rings. The van der Waals surface area contributed by atoms with Crippen molar-refractivity contribution in [3.05, 3.63) is 29.6 Å². The first-order chi connectivity index (χ1) is 11.5. The Morgan fingerprint density at radius 3 is 2.50 bits per heavy atom. The summed E-state index contributed by atoms with van der Waals surface area (Å²) in [6.45, 7) is 4.40. The summed E-state index contributed by atoms with van der Waals surface area (Å²) >= 11 is 0. The average molecular weight is 341 g/mol. The van der Waals surface area contributed by atoms with Gasteiger partial charge in [-0.1, -0.05) is 6.42 Å². The van der Waals surface area contributed by atoms with Crippen LogP contribution in [-0.4, -0.2) is 48.6 Å². The summed E-state index contributed by atoms with van der Waals surface area (Å²) in [7, 11) is 0. The summed E-state index contributed by atoms with van der Waals surface area (Å²) in [6.07, 6.45) is 4.65. The molecule has 0 bridgehead atoms. The maximum atomic E-state index is 13.6. The molecule has 1 atom stereocenters. The van der Waals surface area contributed by atoms with Crippen LogP contribution >= 0.6 is 0 Å². The van der Waals surface area contributed by atoms with E-state index in [1.54, 1.807) is 4.90 Å². The zero-order valence-electron chi connectivity index (χ0n) is 13.5. The molecule has 132 valence electrons. The fourth-order valence-corrected chi connectivity index (χ4v) is 3.49. The third-order valence-corrected chi connectivity index (χ3v) is 4.79. The van der Waals surface area contributed by atoms with Crippen molar-refractivity contribution in [1.82, 2.24) is 9.80 Å². The maximum Gasteiger partial charge on any atom is 0.321 e. The molecule has 24 heavy (non-hydrogen) atoms. The summed E-state index contributed by atoms with van der Waals surface area (Å²) in [6, 6.07) is 0.638. The predicted octanol–water partition coefficient (Wildman–Crippen LogP) is 3.44. The predicted molar refractivity (Wildman–Crippen MR) is 85.3 cm³/mol. The van der Waals surface area contributed by atoms with E-state index in [0.717, 1.165) is 26.1 Å². The van der Waals surface area contributed by atoms with E-state index in [4.69, 9.17) is 0 Å². The molecule has 2 aliphatic heterocycles. The lowest BCUT2D eigenvalue weighted by atomic mass is 10.1. The number of amides is 2. The maximum absolute atomic E-state index is 13.6. The molecule has 0 spiro atoms. The Balaban J connectivity index is 1.54. The number of urea groups is 1. The molecule has 3 rings (SSSR count). The van der Waals surface area contributed by atoms with Crippen LogP contribution < -0.4 is 5.32 Å². The van der Waals surface area contributed by atoms with Gasteiger partial charge in [-0.15, -0.1) is 0 Å². The van der Waals surface area contributed by atoms with Crippen molar-refractivity contribution in [2.24, 2.45) is 5.92 Å². The molecule has 0 saturated carbocycles. The van der Waals surface area contributed by atoms with Gasteiger partial charge in [-0.25, -0.2) is 18.0 Å². The molecule has 1 N–H and O–H groups in total. The Bertz CT molecular complexity index is 605. The Morgan fingerprint density at radius 2 is 1.75 bits per heavy atom. The third kappa shape index (κ3) is 4.01. The number of benzene rings is 1. The van der Waals surface area contributed by atoms with E-state index < -0.39 is 23.5 Å². The number of nitrogens with one attached hydrogen (secondary N) is 1. The van der Waals surface area contributed by atoms with Gasteiger partial charge in [0.15, 0.2) is 11.6 Å². The van der Waals surface area contributed by atoms with E-state index in [1.165, 1.54) is 19.3 Å². The summed E-state index contributed by atoms with van der Waals surface area (Å²) in [5.74, 6) is -3.03. The SMILES string of the molecule is O=C(Nc1cc(F)c(F)cc1F)N1CC[C@@H](CN2CCCCC2)C1. The Labute approximate surface area is 139 Å². The van der Waals surface area contributed by atoms with Crippen LogP contribution in [0, 0.1) is 23.4 Å². The molecule has 2 fully saturated rings. The number of nitrogens with zero attached hydrogens (tertiary/aromatic N) is 2. The van der Waals surface area contributed by atoms with Gasteiger partial charge in [-0.05, 0) is 38.3 Å². The molecule has 2 saturated heterocycles.